The van der Waals surface area contributed by atoms with Gasteiger partial charge in [0.2, 0.25) is 5.43 Å². The van der Waals surface area contributed by atoms with E-state index in [2.05, 4.69) is 12.1 Å². The normalized spacial score (nSPS) is 9.79. The molecule has 2 aromatic carbocycles. The number of aryl methyl sites for hydroxylation is 1. The van der Waals surface area contributed by atoms with Gasteiger partial charge in [0, 0.05) is 5.39 Å². The van der Waals surface area contributed by atoms with Crippen LogP contribution >= 0.6 is 0 Å². The van der Waals surface area contributed by atoms with Crippen molar-refractivity contribution in [2.75, 3.05) is 0 Å². The Hall–Kier alpha value is -1.75. The summed E-state index contributed by atoms with van der Waals surface area (Å²) >= 11 is 0. The van der Waals surface area contributed by atoms with E-state index in [1.54, 1.807) is 0 Å². The molecule has 0 bridgehead atoms. The zero-order chi connectivity index (χ0) is 10.1. The smallest absolute Gasteiger partial charge is 0.222 e. The highest BCUT2D eigenvalue weighted by molar-refractivity contribution is 6.34. The molecule has 0 heterocycles. The molecule has 64 valence electrons. The Labute approximate surface area is 83.8 Å². The van der Waals surface area contributed by atoms with Gasteiger partial charge in [-0.05, 0) is 35.5 Å². The summed E-state index contributed by atoms with van der Waals surface area (Å²) in [4.78, 5) is 11.3. The summed E-state index contributed by atoms with van der Waals surface area (Å²) < 4.78 is 0. The molecule has 2 heteroatoms. The Balaban J connectivity index is 3.07. The lowest BCUT2D eigenvalue weighted by Crippen LogP contribution is -2.23. The second-order valence-electron chi connectivity index (χ2n) is 3.16. The van der Waals surface area contributed by atoms with Gasteiger partial charge in [0.05, 0.1) is 0 Å². The molecule has 0 spiro atoms. The molecule has 0 saturated carbocycles. The summed E-state index contributed by atoms with van der Waals surface area (Å²) in [7, 11) is 5.66. The van der Waals surface area contributed by atoms with Crippen molar-refractivity contribution in [2.24, 2.45) is 0 Å². The molecule has 1 nitrogen and oxygen atoms in total. The third kappa shape index (κ3) is 1.27. The molecular weight excluding hydrogens is 171 g/mol. The fourth-order valence-electron chi connectivity index (χ4n) is 1.43. The molecular formula is C12H7BO. The van der Waals surface area contributed by atoms with E-state index in [0.29, 0.717) is 0 Å². The van der Waals surface area contributed by atoms with Crippen molar-refractivity contribution >= 4 is 24.1 Å². The highest BCUT2D eigenvalue weighted by Crippen LogP contribution is 2.11. The van der Waals surface area contributed by atoms with Gasteiger partial charge in [0.1, 0.15) is 7.85 Å². The van der Waals surface area contributed by atoms with Crippen LogP contribution in [0.15, 0.2) is 29.1 Å². The van der Waals surface area contributed by atoms with Crippen molar-refractivity contribution in [1.29, 1.82) is 0 Å². The van der Waals surface area contributed by atoms with Crippen LogP contribution in [0.5, 0.6) is 0 Å². The summed E-state index contributed by atoms with van der Waals surface area (Å²) in [5.41, 5.74) is 0.754. The first-order valence-electron chi connectivity index (χ1n) is 4.32. The maximum Gasteiger partial charge on any atom is 0.222 e. The SMILES string of the molecule is [B]c1c(C)c2ccccc2c#cc1=O. The number of hydrogen-bond donors (Lipinski definition) is 0. The Morgan fingerprint density at radius 3 is 2.71 bits per heavy atom. The number of benzene rings is 1. The molecule has 0 aromatic heterocycles. The summed E-state index contributed by atoms with van der Waals surface area (Å²) in [6, 6.07) is 12.9. The van der Waals surface area contributed by atoms with Crippen molar-refractivity contribution in [3.63, 3.8) is 0 Å². The Morgan fingerprint density at radius 1 is 1.21 bits per heavy atom. The minimum Gasteiger partial charge on any atom is -0.281 e. The molecule has 0 aliphatic rings. The monoisotopic (exact) mass is 178 g/mol. The van der Waals surface area contributed by atoms with Gasteiger partial charge in [-0.25, -0.2) is 0 Å². The van der Waals surface area contributed by atoms with Crippen molar-refractivity contribution in [3.8, 4) is 0 Å². The van der Waals surface area contributed by atoms with Crippen LogP contribution in [0.3, 0.4) is 0 Å². The lowest BCUT2D eigenvalue weighted by Gasteiger charge is -1.96. The molecule has 0 atom stereocenters. The predicted molar refractivity (Wildman–Crippen MR) is 58.0 cm³/mol. The molecule has 0 N–H and O–H groups in total. The maximum atomic E-state index is 11.3. The molecule has 2 aromatic rings. The van der Waals surface area contributed by atoms with Gasteiger partial charge < -0.3 is 0 Å². The first-order valence-corrected chi connectivity index (χ1v) is 4.32. The van der Waals surface area contributed by atoms with Gasteiger partial charge >= 0.3 is 0 Å². The average molecular weight is 178 g/mol. The zero-order valence-corrected chi connectivity index (χ0v) is 7.79. The molecule has 0 unspecified atom stereocenters. The summed E-state index contributed by atoms with van der Waals surface area (Å²) in [5, 5.41) is 1.81. The minimum atomic E-state index is -0.293. The Morgan fingerprint density at radius 2 is 1.93 bits per heavy atom. The quantitative estimate of drug-likeness (QED) is 0.547. The van der Waals surface area contributed by atoms with Gasteiger partial charge in [-0.1, -0.05) is 24.3 Å². The molecule has 0 fully saturated rings. The molecule has 0 aliphatic carbocycles. The second-order valence-corrected chi connectivity index (χ2v) is 3.16. The maximum absolute atomic E-state index is 11.3. The fourth-order valence-corrected chi connectivity index (χ4v) is 1.43. The molecule has 14 heavy (non-hydrogen) atoms. The Bertz CT molecular complexity index is 546. The van der Waals surface area contributed by atoms with Crippen molar-refractivity contribution < 1.29 is 0 Å². The molecule has 0 amide bonds. The van der Waals surface area contributed by atoms with Crippen LogP contribution in [-0.2, 0) is 0 Å². The summed E-state index contributed by atoms with van der Waals surface area (Å²) in [6.07, 6.45) is 0. The third-order valence-electron chi connectivity index (χ3n) is 2.29. The lowest BCUT2D eigenvalue weighted by atomic mass is 9.91. The van der Waals surface area contributed by atoms with Crippen molar-refractivity contribution in [1.82, 2.24) is 0 Å². The number of rotatable bonds is 0. The van der Waals surface area contributed by atoms with Gasteiger partial charge in [0.15, 0.2) is 0 Å². The van der Waals surface area contributed by atoms with Gasteiger partial charge in [-0.15, -0.1) is 0 Å². The van der Waals surface area contributed by atoms with Crippen molar-refractivity contribution in [2.45, 2.75) is 6.92 Å². The average Bonchev–Trinajstić information content (AvgIpc) is 2.32. The van der Waals surface area contributed by atoms with E-state index in [-0.39, 0.29) is 10.9 Å². The molecule has 0 saturated heterocycles. The minimum absolute atomic E-state index is 0.252. The standard InChI is InChI=1S/C12H7BO/c1-8-10-5-3-2-4-9(10)6-7-11(14)12(8)13/h2-5H,1H3. The largest absolute Gasteiger partial charge is 0.281 e. The highest BCUT2D eigenvalue weighted by atomic mass is 16.1. The zero-order valence-electron chi connectivity index (χ0n) is 7.79. The van der Waals surface area contributed by atoms with E-state index >= 15 is 0 Å². The first kappa shape index (κ1) is 8.84. The van der Waals surface area contributed by atoms with Crippen LogP contribution in [0.4, 0.5) is 0 Å². The fraction of sp³-hybridized carbons (Fsp3) is 0.0833. The van der Waals surface area contributed by atoms with Crippen LogP contribution in [0.1, 0.15) is 5.56 Å². The van der Waals surface area contributed by atoms with Crippen LogP contribution in [-0.4, -0.2) is 7.85 Å². The topological polar surface area (TPSA) is 17.1 Å². The molecule has 0 aliphatic heterocycles. The molecule has 2 rings (SSSR count). The van der Waals surface area contributed by atoms with Gasteiger partial charge in [-0.3, -0.25) is 4.79 Å². The van der Waals surface area contributed by atoms with E-state index in [0.717, 1.165) is 16.3 Å². The summed E-state index contributed by atoms with van der Waals surface area (Å²) in [5.74, 6) is 0. The van der Waals surface area contributed by atoms with Gasteiger partial charge in [0.25, 0.3) is 0 Å². The van der Waals surface area contributed by atoms with E-state index in [4.69, 9.17) is 7.85 Å². The van der Waals surface area contributed by atoms with E-state index in [9.17, 15) is 4.79 Å². The van der Waals surface area contributed by atoms with Crippen LogP contribution in [0, 0.1) is 19.1 Å². The Kier molecular flexibility index (Phi) is 2.01. The first-order chi connectivity index (χ1) is 6.70. The van der Waals surface area contributed by atoms with Crippen LogP contribution in [0.25, 0.3) is 10.8 Å². The van der Waals surface area contributed by atoms with Gasteiger partial charge in [-0.2, -0.15) is 0 Å². The van der Waals surface area contributed by atoms with Crippen molar-refractivity contribution in [3.05, 3.63) is 52.2 Å². The van der Waals surface area contributed by atoms with E-state index < -0.39 is 0 Å². The summed E-state index contributed by atoms with van der Waals surface area (Å²) in [6.45, 7) is 1.83. The second kappa shape index (κ2) is 3.19. The highest BCUT2D eigenvalue weighted by Gasteiger charge is 1.99. The third-order valence-corrected chi connectivity index (χ3v) is 2.29. The van der Waals surface area contributed by atoms with Crippen LogP contribution in [0.2, 0.25) is 0 Å². The van der Waals surface area contributed by atoms with Crippen LogP contribution < -0.4 is 10.9 Å². The number of hydrogen-bond acceptors (Lipinski definition) is 1. The number of fused-ring (bicyclic) bond motifs is 1. The predicted octanol–water partition coefficient (Wildman–Crippen LogP) is 0.903. The van der Waals surface area contributed by atoms with E-state index in [1.165, 1.54) is 0 Å². The lowest BCUT2D eigenvalue weighted by molar-refractivity contribution is 1.57. The molecule has 2 radical (unpaired) electrons. The van der Waals surface area contributed by atoms with E-state index in [1.807, 2.05) is 31.2 Å².